The summed E-state index contributed by atoms with van der Waals surface area (Å²) in [7, 11) is 0. The smallest absolute Gasteiger partial charge is 0.239 e. The van der Waals surface area contributed by atoms with Crippen LogP contribution < -0.4 is 16.0 Å². The summed E-state index contributed by atoms with van der Waals surface area (Å²) in [4.78, 5) is 13.7. The van der Waals surface area contributed by atoms with Crippen molar-refractivity contribution in [3.8, 4) is 0 Å². The Kier molecular flexibility index (Phi) is 4.02. The average molecular weight is 298 g/mol. The molecule has 1 aliphatic rings. The third-order valence-electron chi connectivity index (χ3n) is 2.85. The first-order valence-corrected chi connectivity index (χ1v) is 6.48. The normalized spacial score (nSPS) is 20.2. The van der Waals surface area contributed by atoms with Gasteiger partial charge >= 0.3 is 0 Å². The molecule has 1 aromatic rings. The Morgan fingerprint density at radius 3 is 2.76 bits per heavy atom. The number of anilines is 1. The molecule has 0 radical (unpaired) electrons. The molecule has 92 valence electrons. The van der Waals surface area contributed by atoms with Crippen LogP contribution in [0, 0.1) is 0 Å². The zero-order valence-electron chi connectivity index (χ0n) is 9.53. The van der Waals surface area contributed by atoms with Gasteiger partial charge in [-0.1, -0.05) is 15.9 Å². The summed E-state index contributed by atoms with van der Waals surface area (Å²) in [6.07, 6.45) is 0.818. The van der Waals surface area contributed by atoms with E-state index in [4.69, 9.17) is 5.73 Å². The number of benzene rings is 1. The molecule has 1 unspecified atom stereocenters. The van der Waals surface area contributed by atoms with Crippen LogP contribution in [0.25, 0.3) is 0 Å². The Morgan fingerprint density at radius 1 is 1.41 bits per heavy atom. The summed E-state index contributed by atoms with van der Waals surface area (Å²) in [5.41, 5.74) is 6.61. The first-order chi connectivity index (χ1) is 8.19. The van der Waals surface area contributed by atoms with Gasteiger partial charge in [0, 0.05) is 22.7 Å². The number of carbonyl (C=O) groups is 1. The topological polar surface area (TPSA) is 58.4 Å². The summed E-state index contributed by atoms with van der Waals surface area (Å²) in [5.74, 6) is 0.0672. The maximum absolute atomic E-state index is 11.6. The number of nitrogens with two attached hydrogens (primary N) is 1. The van der Waals surface area contributed by atoms with E-state index in [2.05, 4.69) is 26.1 Å². The zero-order chi connectivity index (χ0) is 12.3. The minimum atomic E-state index is 0.0672. The highest BCUT2D eigenvalue weighted by Gasteiger charge is 2.23. The second-order valence-electron chi connectivity index (χ2n) is 4.20. The number of piperazine rings is 1. The molecule has 0 aliphatic carbocycles. The van der Waals surface area contributed by atoms with Crippen molar-refractivity contribution >= 4 is 27.5 Å². The number of amides is 1. The first-order valence-electron chi connectivity index (χ1n) is 5.69. The van der Waals surface area contributed by atoms with E-state index in [-0.39, 0.29) is 11.9 Å². The molecule has 1 aromatic carbocycles. The van der Waals surface area contributed by atoms with Crippen molar-refractivity contribution in [1.29, 1.82) is 0 Å². The van der Waals surface area contributed by atoms with E-state index in [9.17, 15) is 4.79 Å². The van der Waals surface area contributed by atoms with Crippen LogP contribution in [0.15, 0.2) is 28.7 Å². The molecule has 2 rings (SSSR count). The molecule has 1 fully saturated rings. The fraction of sp³-hybridized carbons (Fsp3) is 0.417. The minimum absolute atomic E-state index is 0.0672. The van der Waals surface area contributed by atoms with Gasteiger partial charge in [0.05, 0.1) is 6.54 Å². The number of hydrogen-bond donors (Lipinski definition) is 2. The largest absolute Gasteiger partial charge is 0.360 e. The van der Waals surface area contributed by atoms with Crippen LogP contribution in [0.3, 0.4) is 0 Å². The highest BCUT2D eigenvalue weighted by atomic mass is 79.9. The van der Waals surface area contributed by atoms with Crippen molar-refractivity contribution in [3.05, 3.63) is 28.7 Å². The molecule has 0 bridgehead atoms. The summed E-state index contributed by atoms with van der Waals surface area (Å²) >= 11 is 3.40. The molecule has 3 N–H and O–H groups in total. The lowest BCUT2D eigenvalue weighted by Crippen LogP contribution is -2.54. The summed E-state index contributed by atoms with van der Waals surface area (Å²) < 4.78 is 1.04. The van der Waals surface area contributed by atoms with Crippen LogP contribution in [0.2, 0.25) is 0 Å². The summed E-state index contributed by atoms with van der Waals surface area (Å²) in [6, 6.07) is 8.16. The molecule has 1 atom stereocenters. The van der Waals surface area contributed by atoms with Gasteiger partial charge in [-0.15, -0.1) is 0 Å². The molecule has 1 heterocycles. The quantitative estimate of drug-likeness (QED) is 0.878. The fourth-order valence-electron chi connectivity index (χ4n) is 2.04. The molecule has 1 aliphatic heterocycles. The predicted octanol–water partition coefficient (Wildman–Crippen LogP) is 1.10. The number of nitrogens with one attached hydrogen (secondary N) is 1. The minimum Gasteiger partial charge on any atom is -0.360 e. The molecule has 0 aromatic heterocycles. The van der Waals surface area contributed by atoms with E-state index in [1.165, 1.54) is 0 Å². The highest BCUT2D eigenvalue weighted by Crippen LogP contribution is 2.20. The lowest BCUT2D eigenvalue weighted by molar-refractivity contribution is -0.121. The van der Waals surface area contributed by atoms with E-state index in [1.807, 2.05) is 24.3 Å². The molecule has 1 amide bonds. The van der Waals surface area contributed by atoms with E-state index in [1.54, 1.807) is 0 Å². The molecular formula is C12H16BrN3O. The molecule has 17 heavy (non-hydrogen) atoms. The Balaban J connectivity index is 2.09. The second kappa shape index (κ2) is 5.51. The fourth-order valence-corrected chi connectivity index (χ4v) is 2.30. The van der Waals surface area contributed by atoms with Crippen molar-refractivity contribution in [2.24, 2.45) is 5.73 Å². The van der Waals surface area contributed by atoms with Crippen LogP contribution in [-0.2, 0) is 4.79 Å². The summed E-state index contributed by atoms with van der Waals surface area (Å²) in [5, 5.41) is 2.96. The third-order valence-corrected chi connectivity index (χ3v) is 3.38. The van der Waals surface area contributed by atoms with Gasteiger partial charge in [0.2, 0.25) is 5.91 Å². The maximum Gasteiger partial charge on any atom is 0.239 e. The molecular weight excluding hydrogens is 282 g/mol. The molecule has 0 saturated carbocycles. The Labute approximate surface area is 109 Å². The number of nitrogens with zero attached hydrogens (tertiary/aromatic N) is 1. The lowest BCUT2D eigenvalue weighted by atomic mass is 10.1. The van der Waals surface area contributed by atoms with E-state index in [0.717, 1.165) is 23.1 Å². The van der Waals surface area contributed by atoms with Gasteiger partial charge in [0.15, 0.2) is 0 Å². The highest BCUT2D eigenvalue weighted by molar-refractivity contribution is 9.10. The number of carbonyl (C=O) groups excluding carboxylic acids is 1. The SMILES string of the molecule is NCCC1CN(c2ccc(Br)cc2)CC(=O)N1. The number of halogens is 1. The van der Waals surface area contributed by atoms with Crippen molar-refractivity contribution in [3.63, 3.8) is 0 Å². The van der Waals surface area contributed by atoms with E-state index >= 15 is 0 Å². The van der Waals surface area contributed by atoms with Gasteiger partial charge in [-0.2, -0.15) is 0 Å². The third kappa shape index (κ3) is 3.20. The van der Waals surface area contributed by atoms with Gasteiger partial charge in [-0.3, -0.25) is 4.79 Å². The van der Waals surface area contributed by atoms with Crippen molar-refractivity contribution in [2.75, 3.05) is 24.5 Å². The molecule has 5 heteroatoms. The lowest BCUT2D eigenvalue weighted by Gasteiger charge is -2.34. The average Bonchev–Trinajstić information content (AvgIpc) is 2.29. The van der Waals surface area contributed by atoms with Crippen molar-refractivity contribution < 1.29 is 4.79 Å². The van der Waals surface area contributed by atoms with Gasteiger partial charge in [0.25, 0.3) is 0 Å². The number of rotatable bonds is 3. The van der Waals surface area contributed by atoms with Crippen LogP contribution in [0.5, 0.6) is 0 Å². The Hall–Kier alpha value is -1.07. The zero-order valence-corrected chi connectivity index (χ0v) is 11.1. The molecule has 0 spiro atoms. The van der Waals surface area contributed by atoms with Crippen LogP contribution in [0.4, 0.5) is 5.69 Å². The van der Waals surface area contributed by atoms with Crippen molar-refractivity contribution in [2.45, 2.75) is 12.5 Å². The van der Waals surface area contributed by atoms with Gasteiger partial charge < -0.3 is 16.0 Å². The van der Waals surface area contributed by atoms with Gasteiger partial charge in [-0.05, 0) is 37.2 Å². The number of hydrogen-bond acceptors (Lipinski definition) is 3. The van der Waals surface area contributed by atoms with Crippen LogP contribution >= 0.6 is 15.9 Å². The Morgan fingerprint density at radius 2 is 2.12 bits per heavy atom. The standard InChI is InChI=1S/C12H16BrN3O/c13-9-1-3-11(4-2-9)16-7-10(5-6-14)15-12(17)8-16/h1-4,10H,5-8,14H2,(H,15,17). The first kappa shape index (κ1) is 12.4. The predicted molar refractivity (Wildman–Crippen MR) is 72.0 cm³/mol. The van der Waals surface area contributed by atoms with Gasteiger partial charge in [0.1, 0.15) is 0 Å². The van der Waals surface area contributed by atoms with Gasteiger partial charge in [-0.25, -0.2) is 0 Å². The van der Waals surface area contributed by atoms with Crippen LogP contribution in [0.1, 0.15) is 6.42 Å². The summed E-state index contributed by atoms with van der Waals surface area (Å²) in [6.45, 7) is 1.84. The van der Waals surface area contributed by atoms with E-state index in [0.29, 0.717) is 13.1 Å². The monoisotopic (exact) mass is 297 g/mol. The molecule has 4 nitrogen and oxygen atoms in total. The molecule has 1 saturated heterocycles. The second-order valence-corrected chi connectivity index (χ2v) is 5.11. The van der Waals surface area contributed by atoms with Crippen molar-refractivity contribution in [1.82, 2.24) is 5.32 Å². The van der Waals surface area contributed by atoms with Crippen LogP contribution in [-0.4, -0.2) is 31.6 Å². The van der Waals surface area contributed by atoms with E-state index < -0.39 is 0 Å². The Bertz CT molecular complexity index is 393. The maximum atomic E-state index is 11.6.